The van der Waals surface area contributed by atoms with Crippen LogP contribution in [0, 0.1) is 0 Å². The topological polar surface area (TPSA) is 56.8 Å². The number of nitrogens with one attached hydrogen (secondary N) is 1. The summed E-state index contributed by atoms with van der Waals surface area (Å²) in [5, 5.41) is 3.12. The van der Waals surface area contributed by atoms with Gasteiger partial charge in [-0.25, -0.2) is 0 Å². The second kappa shape index (κ2) is 8.52. The lowest BCUT2D eigenvalue weighted by Crippen LogP contribution is -2.45. The number of ether oxygens (including phenoxy) is 3. The molecule has 0 saturated carbocycles. The molecule has 0 aliphatic rings. The molecule has 1 rings (SSSR count). The summed E-state index contributed by atoms with van der Waals surface area (Å²) in [5.74, 6) is 0.949. The minimum atomic E-state index is -0.509. The van der Waals surface area contributed by atoms with E-state index in [1.807, 2.05) is 32.0 Å². The van der Waals surface area contributed by atoms with Crippen molar-refractivity contribution in [2.75, 3.05) is 20.8 Å². The number of carbonyl (C=O) groups excluding carboxylic acids is 1. The highest BCUT2D eigenvalue weighted by atomic mass is 16.5. The summed E-state index contributed by atoms with van der Waals surface area (Å²) in [6.07, 6.45) is 0.927. The van der Waals surface area contributed by atoms with Crippen LogP contribution in [0.1, 0.15) is 26.3 Å². The van der Waals surface area contributed by atoms with E-state index in [0.29, 0.717) is 11.5 Å². The Balaban J connectivity index is 2.77. The van der Waals surface area contributed by atoms with E-state index in [2.05, 4.69) is 12.2 Å². The summed E-state index contributed by atoms with van der Waals surface area (Å²) in [6.45, 7) is 6.20. The van der Waals surface area contributed by atoms with Crippen molar-refractivity contribution in [2.45, 2.75) is 39.3 Å². The molecule has 0 amide bonds. The lowest BCUT2D eigenvalue weighted by atomic mass is 10.1. The van der Waals surface area contributed by atoms with E-state index in [-0.39, 0.29) is 18.6 Å². The van der Waals surface area contributed by atoms with Gasteiger partial charge in [0.2, 0.25) is 0 Å². The standard InChI is InChI=1S/C16H25NO4/c1-6-12-7-8-14(15(9-12)19-4)21-10-13(16(18)20-5)17-11(2)3/h7-9,11,13,17H,6,10H2,1-5H3. The van der Waals surface area contributed by atoms with Gasteiger partial charge < -0.3 is 14.2 Å². The van der Waals surface area contributed by atoms with Crippen LogP contribution in [-0.2, 0) is 16.0 Å². The van der Waals surface area contributed by atoms with Gasteiger partial charge in [-0.05, 0) is 24.1 Å². The summed E-state index contributed by atoms with van der Waals surface area (Å²) in [5.41, 5.74) is 1.17. The van der Waals surface area contributed by atoms with E-state index < -0.39 is 6.04 Å². The van der Waals surface area contributed by atoms with Crippen molar-refractivity contribution in [3.8, 4) is 11.5 Å². The molecule has 0 aliphatic carbocycles. The summed E-state index contributed by atoms with van der Waals surface area (Å²) in [7, 11) is 2.97. The molecule has 21 heavy (non-hydrogen) atoms. The Labute approximate surface area is 126 Å². The highest BCUT2D eigenvalue weighted by molar-refractivity contribution is 5.75. The summed E-state index contributed by atoms with van der Waals surface area (Å²) < 4.78 is 15.8. The molecule has 5 heteroatoms. The lowest BCUT2D eigenvalue weighted by Gasteiger charge is -2.20. The molecule has 0 radical (unpaired) electrons. The molecule has 0 spiro atoms. The van der Waals surface area contributed by atoms with Crippen molar-refractivity contribution in [2.24, 2.45) is 0 Å². The fraction of sp³-hybridized carbons (Fsp3) is 0.562. The highest BCUT2D eigenvalue weighted by Gasteiger charge is 2.21. The van der Waals surface area contributed by atoms with Crippen molar-refractivity contribution in [1.82, 2.24) is 5.32 Å². The van der Waals surface area contributed by atoms with Gasteiger partial charge in [0.05, 0.1) is 14.2 Å². The first-order chi connectivity index (χ1) is 10.0. The van der Waals surface area contributed by atoms with Crippen molar-refractivity contribution in [3.05, 3.63) is 23.8 Å². The number of hydrogen-bond donors (Lipinski definition) is 1. The number of methoxy groups -OCH3 is 2. The number of aryl methyl sites for hydroxylation is 1. The SMILES string of the molecule is CCc1ccc(OCC(NC(C)C)C(=O)OC)c(OC)c1. The fourth-order valence-electron chi connectivity index (χ4n) is 1.95. The first-order valence-electron chi connectivity index (χ1n) is 7.15. The number of benzene rings is 1. The molecule has 1 atom stereocenters. The molecule has 0 saturated heterocycles. The van der Waals surface area contributed by atoms with E-state index in [1.54, 1.807) is 7.11 Å². The Morgan fingerprint density at radius 1 is 1.24 bits per heavy atom. The van der Waals surface area contributed by atoms with Crippen LogP contribution < -0.4 is 14.8 Å². The Hall–Kier alpha value is -1.75. The Bertz CT molecular complexity index is 460. The van der Waals surface area contributed by atoms with Gasteiger partial charge in [-0.1, -0.05) is 26.8 Å². The molecular formula is C16H25NO4. The van der Waals surface area contributed by atoms with Gasteiger partial charge in [-0.15, -0.1) is 0 Å². The highest BCUT2D eigenvalue weighted by Crippen LogP contribution is 2.28. The van der Waals surface area contributed by atoms with Crippen molar-refractivity contribution in [1.29, 1.82) is 0 Å². The second-order valence-electron chi connectivity index (χ2n) is 5.05. The molecule has 118 valence electrons. The number of carbonyl (C=O) groups is 1. The van der Waals surface area contributed by atoms with Crippen LogP contribution in [0.5, 0.6) is 11.5 Å². The third-order valence-electron chi connectivity index (χ3n) is 3.06. The first-order valence-corrected chi connectivity index (χ1v) is 7.15. The summed E-state index contributed by atoms with van der Waals surface area (Å²) in [6, 6.07) is 5.44. The molecule has 1 aromatic carbocycles. The largest absolute Gasteiger partial charge is 0.493 e. The maximum Gasteiger partial charge on any atom is 0.326 e. The smallest absolute Gasteiger partial charge is 0.326 e. The van der Waals surface area contributed by atoms with E-state index in [0.717, 1.165) is 6.42 Å². The average molecular weight is 295 g/mol. The fourth-order valence-corrected chi connectivity index (χ4v) is 1.95. The monoisotopic (exact) mass is 295 g/mol. The molecule has 1 unspecified atom stereocenters. The average Bonchev–Trinajstić information content (AvgIpc) is 2.49. The normalized spacial score (nSPS) is 12.1. The van der Waals surface area contributed by atoms with Gasteiger partial charge in [-0.2, -0.15) is 0 Å². The van der Waals surface area contributed by atoms with E-state index in [4.69, 9.17) is 14.2 Å². The van der Waals surface area contributed by atoms with Gasteiger partial charge in [0.15, 0.2) is 11.5 Å². The van der Waals surface area contributed by atoms with Crippen LogP contribution in [0.4, 0.5) is 0 Å². The van der Waals surface area contributed by atoms with Crippen LogP contribution in [0.15, 0.2) is 18.2 Å². The van der Waals surface area contributed by atoms with E-state index >= 15 is 0 Å². The van der Waals surface area contributed by atoms with Crippen LogP contribution in [0.2, 0.25) is 0 Å². The molecular weight excluding hydrogens is 270 g/mol. The Morgan fingerprint density at radius 2 is 1.95 bits per heavy atom. The third kappa shape index (κ3) is 5.27. The molecule has 1 aromatic rings. The van der Waals surface area contributed by atoms with E-state index in [1.165, 1.54) is 12.7 Å². The Morgan fingerprint density at radius 3 is 2.48 bits per heavy atom. The zero-order valence-electron chi connectivity index (χ0n) is 13.4. The van der Waals surface area contributed by atoms with Crippen molar-refractivity contribution < 1.29 is 19.0 Å². The Kier molecular flexibility index (Phi) is 7.02. The van der Waals surface area contributed by atoms with Gasteiger partial charge >= 0.3 is 5.97 Å². The van der Waals surface area contributed by atoms with Crippen LogP contribution in [-0.4, -0.2) is 38.9 Å². The first kappa shape index (κ1) is 17.3. The van der Waals surface area contributed by atoms with Gasteiger partial charge in [0, 0.05) is 6.04 Å². The molecule has 0 fully saturated rings. The van der Waals surface area contributed by atoms with Gasteiger partial charge in [0.25, 0.3) is 0 Å². The molecule has 1 N–H and O–H groups in total. The molecule has 0 aliphatic heterocycles. The summed E-state index contributed by atoms with van der Waals surface area (Å²) >= 11 is 0. The number of esters is 1. The third-order valence-corrected chi connectivity index (χ3v) is 3.06. The van der Waals surface area contributed by atoms with Crippen molar-refractivity contribution >= 4 is 5.97 Å². The van der Waals surface area contributed by atoms with Gasteiger partial charge in [0.1, 0.15) is 12.6 Å². The van der Waals surface area contributed by atoms with E-state index in [9.17, 15) is 4.79 Å². The minimum absolute atomic E-state index is 0.155. The molecule has 5 nitrogen and oxygen atoms in total. The number of hydrogen-bond acceptors (Lipinski definition) is 5. The minimum Gasteiger partial charge on any atom is -0.493 e. The van der Waals surface area contributed by atoms with Crippen LogP contribution >= 0.6 is 0 Å². The predicted octanol–water partition coefficient (Wildman–Crippen LogP) is 2.18. The maximum atomic E-state index is 11.7. The molecule has 0 heterocycles. The predicted molar refractivity (Wildman–Crippen MR) is 81.9 cm³/mol. The van der Waals surface area contributed by atoms with Crippen LogP contribution in [0.25, 0.3) is 0 Å². The zero-order chi connectivity index (χ0) is 15.8. The second-order valence-corrected chi connectivity index (χ2v) is 5.05. The molecule has 0 aromatic heterocycles. The lowest BCUT2D eigenvalue weighted by molar-refractivity contribution is -0.144. The number of rotatable bonds is 8. The summed E-state index contributed by atoms with van der Waals surface area (Å²) in [4.78, 5) is 11.7. The van der Waals surface area contributed by atoms with Crippen LogP contribution in [0.3, 0.4) is 0 Å². The maximum absolute atomic E-state index is 11.7. The van der Waals surface area contributed by atoms with Crippen molar-refractivity contribution in [3.63, 3.8) is 0 Å². The quantitative estimate of drug-likeness (QED) is 0.745. The van der Waals surface area contributed by atoms with Gasteiger partial charge in [-0.3, -0.25) is 10.1 Å². The molecule has 0 bridgehead atoms. The zero-order valence-corrected chi connectivity index (χ0v) is 13.4.